The molecule has 0 heterocycles. The standard InChI is InChI=1S/C28H24N2O5/c1-31-22-9-7-6-8-18(22)27-20(15-29)19-13-25(34-4)26(35-5)14-21(19)28(27,16-30)17-10-11-23(32-2)24(12-17)33-3/h6-14H,1-5H3. The minimum Gasteiger partial charge on any atom is -0.496 e. The Kier molecular flexibility index (Phi) is 6.27. The van der Waals surface area contributed by atoms with Gasteiger partial charge in [0.15, 0.2) is 23.0 Å². The van der Waals surface area contributed by atoms with Gasteiger partial charge >= 0.3 is 0 Å². The van der Waals surface area contributed by atoms with Crippen molar-refractivity contribution < 1.29 is 23.7 Å². The Hall–Kier alpha value is -4.62. The molecule has 7 nitrogen and oxygen atoms in total. The second-order valence-electron chi connectivity index (χ2n) is 7.75. The maximum absolute atomic E-state index is 10.9. The number of fused-ring (bicyclic) bond motifs is 1. The number of rotatable bonds is 7. The molecule has 0 saturated heterocycles. The fourth-order valence-corrected chi connectivity index (χ4v) is 4.71. The second-order valence-corrected chi connectivity index (χ2v) is 7.75. The molecule has 4 rings (SSSR count). The van der Waals surface area contributed by atoms with E-state index in [0.29, 0.717) is 62.1 Å². The molecule has 3 aromatic carbocycles. The average Bonchev–Trinajstić information content (AvgIpc) is 3.20. The van der Waals surface area contributed by atoms with Crippen molar-refractivity contribution in [2.45, 2.75) is 5.41 Å². The summed E-state index contributed by atoms with van der Waals surface area (Å²) in [7, 11) is 7.71. The van der Waals surface area contributed by atoms with Crippen LogP contribution >= 0.6 is 0 Å². The lowest BCUT2D eigenvalue weighted by Crippen LogP contribution is -2.26. The molecule has 0 fully saturated rings. The van der Waals surface area contributed by atoms with Crippen LogP contribution in [0, 0.1) is 22.7 Å². The molecule has 1 aliphatic carbocycles. The number of para-hydroxylation sites is 1. The van der Waals surface area contributed by atoms with E-state index in [2.05, 4.69) is 12.1 Å². The van der Waals surface area contributed by atoms with E-state index in [-0.39, 0.29) is 0 Å². The molecule has 0 N–H and O–H groups in total. The van der Waals surface area contributed by atoms with Crippen LogP contribution in [0.5, 0.6) is 28.7 Å². The van der Waals surface area contributed by atoms with Gasteiger partial charge < -0.3 is 23.7 Å². The summed E-state index contributed by atoms with van der Waals surface area (Å²) in [4.78, 5) is 0. The third-order valence-electron chi connectivity index (χ3n) is 6.29. The Balaban J connectivity index is 2.19. The average molecular weight is 469 g/mol. The number of nitrogens with zero attached hydrogens (tertiary/aromatic N) is 2. The van der Waals surface area contributed by atoms with E-state index in [4.69, 9.17) is 23.7 Å². The monoisotopic (exact) mass is 468 g/mol. The highest BCUT2D eigenvalue weighted by molar-refractivity contribution is 6.11. The van der Waals surface area contributed by atoms with Gasteiger partial charge in [0, 0.05) is 16.7 Å². The Morgan fingerprint density at radius 1 is 0.629 bits per heavy atom. The van der Waals surface area contributed by atoms with Crippen molar-refractivity contribution in [3.63, 3.8) is 0 Å². The molecule has 0 aliphatic heterocycles. The predicted molar refractivity (Wildman–Crippen MR) is 131 cm³/mol. The minimum absolute atomic E-state index is 0.349. The van der Waals surface area contributed by atoms with E-state index in [1.807, 2.05) is 18.2 Å². The number of allylic oxidation sites excluding steroid dienone is 2. The van der Waals surface area contributed by atoms with Gasteiger partial charge in [0.25, 0.3) is 0 Å². The SMILES string of the molecule is COc1ccc(C2(C#N)C(c3ccccc3OC)=C(C#N)c3cc(OC)c(OC)cc32)cc1OC. The number of ether oxygens (including phenoxy) is 5. The lowest BCUT2D eigenvalue weighted by atomic mass is 9.70. The van der Waals surface area contributed by atoms with E-state index in [1.165, 1.54) is 21.3 Å². The summed E-state index contributed by atoms with van der Waals surface area (Å²) < 4.78 is 27.7. The maximum Gasteiger partial charge on any atom is 0.161 e. The number of hydrogen-bond donors (Lipinski definition) is 0. The van der Waals surface area contributed by atoms with Crippen LogP contribution in [0.15, 0.2) is 54.6 Å². The van der Waals surface area contributed by atoms with Gasteiger partial charge in [0.1, 0.15) is 17.2 Å². The highest BCUT2D eigenvalue weighted by atomic mass is 16.5. The molecule has 1 unspecified atom stereocenters. The highest BCUT2D eigenvalue weighted by Crippen LogP contribution is 2.58. The molecule has 0 aromatic heterocycles. The summed E-state index contributed by atoms with van der Waals surface area (Å²) in [5.41, 5.74) is 1.91. The number of nitriles is 2. The van der Waals surface area contributed by atoms with Crippen LogP contribution in [0.25, 0.3) is 11.1 Å². The van der Waals surface area contributed by atoms with Crippen molar-refractivity contribution in [1.82, 2.24) is 0 Å². The predicted octanol–water partition coefficient (Wildman–Crippen LogP) is 4.99. The van der Waals surface area contributed by atoms with Gasteiger partial charge in [-0.15, -0.1) is 0 Å². The van der Waals surface area contributed by atoms with Gasteiger partial charge in [-0.1, -0.05) is 24.3 Å². The van der Waals surface area contributed by atoms with E-state index in [9.17, 15) is 10.5 Å². The lowest BCUT2D eigenvalue weighted by Gasteiger charge is -2.29. The van der Waals surface area contributed by atoms with Gasteiger partial charge in [-0.3, -0.25) is 0 Å². The van der Waals surface area contributed by atoms with Gasteiger partial charge in [0.05, 0.1) is 47.2 Å². The summed E-state index contributed by atoms with van der Waals surface area (Å²) in [6.45, 7) is 0. The van der Waals surface area contributed by atoms with Gasteiger partial charge in [-0.2, -0.15) is 10.5 Å². The van der Waals surface area contributed by atoms with Crippen LogP contribution in [0.2, 0.25) is 0 Å². The zero-order chi connectivity index (χ0) is 25.2. The van der Waals surface area contributed by atoms with E-state index >= 15 is 0 Å². The number of hydrogen-bond acceptors (Lipinski definition) is 7. The number of methoxy groups -OCH3 is 5. The first-order valence-electron chi connectivity index (χ1n) is 10.7. The molecule has 0 saturated carbocycles. The molecular weight excluding hydrogens is 444 g/mol. The van der Waals surface area contributed by atoms with Crippen molar-refractivity contribution in [3.8, 4) is 40.9 Å². The summed E-state index contributed by atoms with van der Waals surface area (Å²) >= 11 is 0. The van der Waals surface area contributed by atoms with Crippen molar-refractivity contribution in [2.75, 3.05) is 35.5 Å². The third-order valence-corrected chi connectivity index (χ3v) is 6.29. The molecule has 0 radical (unpaired) electrons. The molecule has 0 bridgehead atoms. The Labute approximate surface area is 204 Å². The molecule has 176 valence electrons. The first kappa shape index (κ1) is 23.5. The minimum atomic E-state index is -1.38. The molecular formula is C28H24N2O5. The molecule has 35 heavy (non-hydrogen) atoms. The fourth-order valence-electron chi connectivity index (χ4n) is 4.71. The van der Waals surface area contributed by atoms with E-state index < -0.39 is 5.41 Å². The summed E-state index contributed by atoms with van der Waals surface area (Å²) in [6, 6.07) is 21.0. The first-order chi connectivity index (χ1) is 17.0. The smallest absolute Gasteiger partial charge is 0.161 e. The Morgan fingerprint density at radius 2 is 1.23 bits per heavy atom. The van der Waals surface area contributed by atoms with Crippen LogP contribution in [-0.4, -0.2) is 35.5 Å². The van der Waals surface area contributed by atoms with Crippen molar-refractivity contribution in [1.29, 1.82) is 10.5 Å². The van der Waals surface area contributed by atoms with Gasteiger partial charge in [-0.05, 0) is 41.5 Å². The molecule has 0 spiro atoms. The molecule has 7 heteroatoms. The maximum atomic E-state index is 10.9. The molecule has 0 amide bonds. The molecule has 3 aromatic rings. The molecule has 1 atom stereocenters. The van der Waals surface area contributed by atoms with Crippen LogP contribution in [0.4, 0.5) is 0 Å². The zero-order valence-corrected chi connectivity index (χ0v) is 20.1. The largest absolute Gasteiger partial charge is 0.496 e. The fraction of sp³-hybridized carbons (Fsp3) is 0.214. The summed E-state index contributed by atoms with van der Waals surface area (Å²) in [5.74, 6) is 2.44. The van der Waals surface area contributed by atoms with E-state index in [0.717, 1.165) is 0 Å². The molecule has 1 aliphatic rings. The third kappa shape index (κ3) is 3.41. The zero-order valence-electron chi connectivity index (χ0n) is 20.1. The quantitative estimate of drug-likeness (QED) is 0.482. The highest BCUT2D eigenvalue weighted by Gasteiger charge is 2.50. The van der Waals surface area contributed by atoms with Crippen LogP contribution in [0.3, 0.4) is 0 Å². The van der Waals surface area contributed by atoms with E-state index in [1.54, 1.807) is 50.6 Å². The normalized spacial score (nSPS) is 16.1. The van der Waals surface area contributed by atoms with Gasteiger partial charge in [0.2, 0.25) is 0 Å². The van der Waals surface area contributed by atoms with Crippen molar-refractivity contribution in [3.05, 3.63) is 76.9 Å². The van der Waals surface area contributed by atoms with Crippen molar-refractivity contribution >= 4 is 11.1 Å². The lowest BCUT2D eigenvalue weighted by molar-refractivity contribution is 0.353. The van der Waals surface area contributed by atoms with Crippen molar-refractivity contribution in [2.24, 2.45) is 0 Å². The number of benzene rings is 3. The topological polar surface area (TPSA) is 93.7 Å². The van der Waals surface area contributed by atoms with Crippen LogP contribution < -0.4 is 23.7 Å². The Bertz CT molecular complexity index is 1410. The summed E-state index contributed by atoms with van der Waals surface area (Å²) in [6.07, 6.45) is 0. The summed E-state index contributed by atoms with van der Waals surface area (Å²) in [5, 5.41) is 21.3. The first-order valence-corrected chi connectivity index (χ1v) is 10.7. The van der Waals surface area contributed by atoms with Gasteiger partial charge in [-0.25, -0.2) is 0 Å². The van der Waals surface area contributed by atoms with Crippen LogP contribution in [-0.2, 0) is 5.41 Å². The Morgan fingerprint density at radius 3 is 1.83 bits per heavy atom. The van der Waals surface area contributed by atoms with Crippen LogP contribution in [0.1, 0.15) is 22.3 Å². The second kappa shape index (κ2) is 9.32.